The maximum absolute atomic E-state index is 11.2. The fraction of sp³-hybridized carbons (Fsp3) is 0.0769. The second kappa shape index (κ2) is 4.74. The van der Waals surface area contributed by atoms with Gasteiger partial charge in [0.25, 0.3) is 0 Å². The van der Waals surface area contributed by atoms with Gasteiger partial charge in [0.05, 0.1) is 10.2 Å². The number of H-pyrrole nitrogens is 2. The molecule has 0 aliphatic heterocycles. The first-order valence-electron chi connectivity index (χ1n) is 5.75. The maximum Gasteiger partial charge on any atom is 0.305 e. The summed E-state index contributed by atoms with van der Waals surface area (Å²) >= 11 is 1.20. The van der Waals surface area contributed by atoms with Crippen LogP contribution in [0.25, 0.3) is 10.2 Å². The summed E-state index contributed by atoms with van der Waals surface area (Å²) < 4.78 is 0.944. The van der Waals surface area contributed by atoms with Gasteiger partial charge in [0, 0.05) is 24.5 Å². The Morgan fingerprint density at radius 3 is 2.84 bits per heavy atom. The van der Waals surface area contributed by atoms with Crippen molar-refractivity contribution in [2.75, 3.05) is 5.32 Å². The summed E-state index contributed by atoms with van der Waals surface area (Å²) in [6.07, 6.45) is 1.68. The Kier molecular flexibility index (Phi) is 2.92. The highest BCUT2D eigenvalue weighted by molar-refractivity contribution is 7.16. The van der Waals surface area contributed by atoms with Crippen LogP contribution in [-0.4, -0.2) is 9.97 Å². The van der Waals surface area contributed by atoms with Crippen molar-refractivity contribution in [2.24, 2.45) is 0 Å². The van der Waals surface area contributed by atoms with Crippen molar-refractivity contribution < 1.29 is 0 Å². The molecule has 0 saturated carbocycles. The van der Waals surface area contributed by atoms with Crippen LogP contribution in [0.1, 0.15) is 5.56 Å². The molecule has 19 heavy (non-hydrogen) atoms. The van der Waals surface area contributed by atoms with Gasteiger partial charge in [0.2, 0.25) is 5.56 Å². The molecule has 0 amide bonds. The molecule has 5 nitrogen and oxygen atoms in total. The zero-order chi connectivity index (χ0) is 13.2. The average molecular weight is 273 g/mol. The molecular weight excluding hydrogens is 262 g/mol. The number of thiazole rings is 1. The topological polar surface area (TPSA) is 77.8 Å². The van der Waals surface area contributed by atoms with Gasteiger partial charge in [-0.05, 0) is 23.8 Å². The second-order valence-corrected chi connectivity index (χ2v) is 5.15. The zero-order valence-corrected chi connectivity index (χ0v) is 10.7. The first kappa shape index (κ1) is 11.7. The Hall–Kier alpha value is -2.34. The van der Waals surface area contributed by atoms with Gasteiger partial charge in [-0.3, -0.25) is 9.59 Å². The number of aromatic amines is 2. The number of rotatable bonds is 3. The van der Waals surface area contributed by atoms with E-state index in [1.165, 1.54) is 17.4 Å². The predicted molar refractivity (Wildman–Crippen MR) is 76.8 cm³/mol. The Morgan fingerprint density at radius 2 is 2.05 bits per heavy atom. The molecule has 3 N–H and O–H groups in total. The lowest BCUT2D eigenvalue weighted by Gasteiger charge is -2.06. The molecular formula is C13H11N3O2S. The fourth-order valence-corrected chi connectivity index (χ4v) is 2.54. The van der Waals surface area contributed by atoms with E-state index >= 15 is 0 Å². The quantitative estimate of drug-likeness (QED) is 0.682. The van der Waals surface area contributed by atoms with Crippen LogP contribution in [0.4, 0.5) is 5.69 Å². The summed E-state index contributed by atoms with van der Waals surface area (Å²) in [5.41, 5.74) is 2.63. The first-order valence-corrected chi connectivity index (χ1v) is 6.57. The SMILES string of the molecule is O=c1ccc(CNc2ccc3sc(=O)[nH]c3c2)c[nH]1. The van der Waals surface area contributed by atoms with Crippen LogP contribution in [0.5, 0.6) is 0 Å². The third-order valence-electron chi connectivity index (χ3n) is 2.76. The lowest BCUT2D eigenvalue weighted by Crippen LogP contribution is -2.06. The molecule has 1 aromatic carbocycles. The van der Waals surface area contributed by atoms with Crippen molar-refractivity contribution in [3.63, 3.8) is 0 Å². The van der Waals surface area contributed by atoms with E-state index in [0.29, 0.717) is 6.54 Å². The van der Waals surface area contributed by atoms with Crippen molar-refractivity contribution in [3.05, 3.63) is 62.1 Å². The van der Waals surface area contributed by atoms with Crippen LogP contribution in [-0.2, 0) is 6.54 Å². The lowest BCUT2D eigenvalue weighted by molar-refractivity contribution is 1.09. The Morgan fingerprint density at radius 1 is 1.16 bits per heavy atom. The van der Waals surface area contributed by atoms with Gasteiger partial charge in [0.1, 0.15) is 0 Å². The minimum atomic E-state index is -0.110. The molecule has 3 rings (SSSR count). The molecule has 2 heterocycles. The molecule has 0 saturated heterocycles. The molecule has 3 aromatic rings. The summed E-state index contributed by atoms with van der Waals surface area (Å²) in [5, 5.41) is 3.24. The summed E-state index contributed by atoms with van der Waals surface area (Å²) in [5.74, 6) is 0. The van der Waals surface area contributed by atoms with Crippen LogP contribution in [0.3, 0.4) is 0 Å². The summed E-state index contributed by atoms with van der Waals surface area (Å²) in [7, 11) is 0. The van der Waals surface area contributed by atoms with Gasteiger partial charge >= 0.3 is 4.87 Å². The van der Waals surface area contributed by atoms with E-state index in [2.05, 4.69) is 15.3 Å². The van der Waals surface area contributed by atoms with Gasteiger partial charge in [-0.2, -0.15) is 0 Å². The molecule has 2 aromatic heterocycles. The first-order chi connectivity index (χ1) is 9.20. The van der Waals surface area contributed by atoms with E-state index in [1.54, 1.807) is 12.3 Å². The molecule has 0 fully saturated rings. The Balaban J connectivity index is 1.79. The molecule has 0 atom stereocenters. The molecule has 0 spiro atoms. The molecule has 0 radical (unpaired) electrons. The molecule has 6 heteroatoms. The largest absolute Gasteiger partial charge is 0.381 e. The maximum atomic E-state index is 11.2. The molecule has 0 aliphatic carbocycles. The smallest absolute Gasteiger partial charge is 0.305 e. The van der Waals surface area contributed by atoms with E-state index in [-0.39, 0.29) is 10.4 Å². The monoisotopic (exact) mass is 273 g/mol. The number of nitrogens with one attached hydrogen (secondary N) is 3. The van der Waals surface area contributed by atoms with Crippen molar-refractivity contribution in [1.29, 1.82) is 0 Å². The van der Waals surface area contributed by atoms with Gasteiger partial charge in [-0.1, -0.05) is 17.4 Å². The van der Waals surface area contributed by atoms with Crippen LogP contribution >= 0.6 is 11.3 Å². The van der Waals surface area contributed by atoms with Crippen LogP contribution in [0, 0.1) is 0 Å². The Bertz CT molecular complexity index is 811. The van der Waals surface area contributed by atoms with Gasteiger partial charge in [-0.15, -0.1) is 0 Å². The van der Waals surface area contributed by atoms with E-state index in [0.717, 1.165) is 21.5 Å². The minimum Gasteiger partial charge on any atom is -0.381 e. The van der Waals surface area contributed by atoms with E-state index < -0.39 is 0 Å². The summed E-state index contributed by atoms with van der Waals surface area (Å²) in [4.78, 5) is 27.5. The number of anilines is 1. The van der Waals surface area contributed by atoms with Crippen molar-refractivity contribution >= 4 is 27.2 Å². The summed E-state index contributed by atoms with van der Waals surface area (Å²) in [6.45, 7) is 0.608. The molecule has 96 valence electrons. The van der Waals surface area contributed by atoms with Crippen LogP contribution < -0.4 is 15.7 Å². The number of pyridine rings is 1. The standard InChI is InChI=1S/C13H11N3O2S/c17-12-4-1-8(7-15-12)6-14-9-2-3-11-10(5-9)16-13(18)19-11/h1-5,7,14H,6H2,(H,15,17)(H,16,18). The van der Waals surface area contributed by atoms with Crippen molar-refractivity contribution in [1.82, 2.24) is 9.97 Å². The number of fused-ring (bicyclic) bond motifs is 1. The number of aromatic nitrogens is 2. The Labute approximate surface area is 111 Å². The van der Waals surface area contributed by atoms with E-state index in [1.807, 2.05) is 18.2 Å². The molecule has 0 unspecified atom stereocenters. The highest BCUT2D eigenvalue weighted by atomic mass is 32.1. The lowest BCUT2D eigenvalue weighted by atomic mass is 10.2. The molecule has 0 aliphatic rings. The van der Waals surface area contributed by atoms with Crippen molar-refractivity contribution in [2.45, 2.75) is 6.54 Å². The van der Waals surface area contributed by atoms with Crippen LogP contribution in [0.2, 0.25) is 0 Å². The van der Waals surface area contributed by atoms with Gasteiger partial charge in [-0.25, -0.2) is 0 Å². The number of hydrogen-bond donors (Lipinski definition) is 3. The fourth-order valence-electron chi connectivity index (χ4n) is 1.82. The van der Waals surface area contributed by atoms with E-state index in [4.69, 9.17) is 0 Å². The molecule has 0 bridgehead atoms. The highest BCUT2D eigenvalue weighted by Gasteiger charge is 2.00. The third-order valence-corrected chi connectivity index (χ3v) is 3.63. The zero-order valence-electron chi connectivity index (χ0n) is 9.90. The summed E-state index contributed by atoms with van der Waals surface area (Å²) in [6, 6.07) is 9.01. The van der Waals surface area contributed by atoms with Crippen molar-refractivity contribution in [3.8, 4) is 0 Å². The number of benzene rings is 1. The number of hydrogen-bond acceptors (Lipinski definition) is 4. The van der Waals surface area contributed by atoms with E-state index in [9.17, 15) is 9.59 Å². The predicted octanol–water partition coefficient (Wildman–Crippen LogP) is 1.89. The minimum absolute atomic E-state index is 0.0483. The third kappa shape index (κ3) is 2.58. The average Bonchev–Trinajstić information content (AvgIpc) is 2.77. The van der Waals surface area contributed by atoms with Gasteiger partial charge in [0.15, 0.2) is 0 Å². The normalized spacial score (nSPS) is 10.7. The van der Waals surface area contributed by atoms with Crippen LogP contribution in [0.15, 0.2) is 46.1 Å². The van der Waals surface area contributed by atoms with Gasteiger partial charge < -0.3 is 15.3 Å². The highest BCUT2D eigenvalue weighted by Crippen LogP contribution is 2.19. The second-order valence-electron chi connectivity index (χ2n) is 4.14.